The Morgan fingerprint density at radius 3 is 2.44 bits per heavy atom. The van der Waals surface area contributed by atoms with E-state index in [1.807, 2.05) is 61.5 Å². The molecule has 0 heterocycles. The Kier molecular flexibility index (Phi) is 8.71. The van der Waals surface area contributed by atoms with Crippen LogP contribution in [0.2, 0.25) is 0 Å². The van der Waals surface area contributed by atoms with Crippen LogP contribution in [-0.4, -0.2) is 36.9 Å². The van der Waals surface area contributed by atoms with Gasteiger partial charge in [-0.3, -0.25) is 9.59 Å². The first-order chi connectivity index (χ1) is 13.1. The van der Waals surface area contributed by atoms with Gasteiger partial charge in [-0.05, 0) is 50.1 Å². The molecular formula is C21H25NO4S. The van der Waals surface area contributed by atoms with Crippen molar-refractivity contribution in [2.75, 3.05) is 18.9 Å². The molecule has 0 aliphatic heterocycles. The summed E-state index contributed by atoms with van der Waals surface area (Å²) in [4.78, 5) is 24.9. The summed E-state index contributed by atoms with van der Waals surface area (Å²) in [7, 11) is 0. The summed E-state index contributed by atoms with van der Waals surface area (Å²) in [6, 6.07) is 17.4. The van der Waals surface area contributed by atoms with E-state index < -0.39 is 12.1 Å². The van der Waals surface area contributed by atoms with Crippen molar-refractivity contribution in [2.24, 2.45) is 0 Å². The molecule has 2 rings (SSSR count). The number of ether oxygens (including phenoxy) is 2. The molecule has 0 spiro atoms. The third kappa shape index (κ3) is 7.74. The Labute approximate surface area is 164 Å². The van der Waals surface area contributed by atoms with Crippen LogP contribution in [0.5, 0.6) is 5.75 Å². The van der Waals surface area contributed by atoms with Gasteiger partial charge in [0.25, 0.3) is 5.91 Å². The topological polar surface area (TPSA) is 64.6 Å². The van der Waals surface area contributed by atoms with Crippen molar-refractivity contribution in [1.82, 2.24) is 5.32 Å². The second-order valence-corrected chi connectivity index (χ2v) is 6.90. The Balaban J connectivity index is 1.67. The summed E-state index contributed by atoms with van der Waals surface area (Å²) in [5.74, 6) is 0.241. The van der Waals surface area contributed by atoms with E-state index in [-0.39, 0.29) is 11.7 Å². The third-order valence-electron chi connectivity index (χ3n) is 3.72. The molecule has 1 N–H and O–H groups in total. The molecule has 0 unspecified atom stereocenters. The molecule has 6 heteroatoms. The molecule has 0 saturated heterocycles. The van der Waals surface area contributed by atoms with Crippen molar-refractivity contribution in [2.45, 2.75) is 31.3 Å². The smallest absolute Gasteiger partial charge is 0.317 e. The summed E-state index contributed by atoms with van der Waals surface area (Å²) in [5.41, 5.74) is 1.15. The van der Waals surface area contributed by atoms with Crippen molar-refractivity contribution in [1.29, 1.82) is 0 Å². The van der Waals surface area contributed by atoms with Gasteiger partial charge in [-0.25, -0.2) is 0 Å². The molecule has 5 nitrogen and oxygen atoms in total. The van der Waals surface area contributed by atoms with Gasteiger partial charge >= 0.3 is 5.97 Å². The van der Waals surface area contributed by atoms with Crippen molar-refractivity contribution in [3.05, 3.63) is 60.2 Å². The van der Waals surface area contributed by atoms with Crippen molar-refractivity contribution in [3.8, 4) is 5.75 Å². The van der Waals surface area contributed by atoms with Crippen LogP contribution in [0.1, 0.15) is 19.4 Å². The van der Waals surface area contributed by atoms with Gasteiger partial charge in [0.05, 0.1) is 12.4 Å². The van der Waals surface area contributed by atoms with Gasteiger partial charge < -0.3 is 14.8 Å². The Bertz CT molecular complexity index is 719. The summed E-state index contributed by atoms with van der Waals surface area (Å²) >= 11 is 1.36. The van der Waals surface area contributed by atoms with Gasteiger partial charge in [-0.1, -0.05) is 30.3 Å². The highest BCUT2D eigenvalue weighted by Crippen LogP contribution is 2.21. The number of nitrogens with one attached hydrogen (secondary N) is 1. The maximum absolute atomic E-state index is 12.0. The van der Waals surface area contributed by atoms with Crippen LogP contribution in [0.3, 0.4) is 0 Å². The Morgan fingerprint density at radius 2 is 1.78 bits per heavy atom. The van der Waals surface area contributed by atoms with Crippen molar-refractivity contribution >= 4 is 23.6 Å². The number of hydrogen-bond donors (Lipinski definition) is 1. The van der Waals surface area contributed by atoms with Crippen LogP contribution in [0.25, 0.3) is 0 Å². The fraction of sp³-hybridized carbons (Fsp3) is 0.333. The number of esters is 1. The number of amides is 1. The van der Waals surface area contributed by atoms with Crippen LogP contribution in [0.4, 0.5) is 0 Å². The molecule has 27 heavy (non-hydrogen) atoms. The molecule has 0 aliphatic carbocycles. The zero-order chi connectivity index (χ0) is 19.5. The summed E-state index contributed by atoms with van der Waals surface area (Å²) < 4.78 is 10.6. The molecule has 0 aromatic heterocycles. The highest BCUT2D eigenvalue weighted by molar-refractivity contribution is 8.00. The molecule has 0 aliphatic rings. The highest BCUT2D eigenvalue weighted by atomic mass is 32.2. The van der Waals surface area contributed by atoms with Gasteiger partial charge in [-0.15, -0.1) is 11.8 Å². The summed E-state index contributed by atoms with van der Waals surface area (Å²) in [6.45, 7) is 4.63. The predicted molar refractivity (Wildman–Crippen MR) is 107 cm³/mol. The highest BCUT2D eigenvalue weighted by Gasteiger charge is 2.17. The molecule has 0 saturated carbocycles. The maximum atomic E-state index is 12.0. The molecule has 0 radical (unpaired) electrons. The molecule has 1 amide bonds. The van der Waals surface area contributed by atoms with Crippen molar-refractivity contribution < 1.29 is 19.1 Å². The average Bonchev–Trinajstić information content (AvgIpc) is 2.68. The molecule has 2 aromatic rings. The standard InChI is InChI=1S/C21H25NO4S/c1-3-25-18-9-11-19(12-10-18)27-15-20(23)26-16(2)21(24)22-14-13-17-7-5-4-6-8-17/h4-12,16H,3,13-15H2,1-2H3,(H,22,24)/t16-/m1/s1. The fourth-order valence-corrected chi connectivity index (χ4v) is 3.03. The van der Waals surface area contributed by atoms with Crippen LogP contribution in [0.15, 0.2) is 59.5 Å². The average molecular weight is 388 g/mol. The van der Waals surface area contributed by atoms with E-state index in [1.165, 1.54) is 11.8 Å². The molecule has 2 aromatic carbocycles. The first-order valence-electron chi connectivity index (χ1n) is 8.95. The number of hydrogen-bond acceptors (Lipinski definition) is 5. The van der Waals surface area contributed by atoms with Crippen LogP contribution in [-0.2, 0) is 20.7 Å². The minimum Gasteiger partial charge on any atom is -0.494 e. The molecule has 0 bridgehead atoms. The van der Waals surface area contributed by atoms with E-state index in [1.54, 1.807) is 6.92 Å². The number of carbonyl (C=O) groups is 2. The van der Waals surface area contributed by atoms with Crippen LogP contribution >= 0.6 is 11.8 Å². The van der Waals surface area contributed by atoms with E-state index in [0.717, 1.165) is 22.6 Å². The van der Waals surface area contributed by atoms with E-state index in [4.69, 9.17) is 9.47 Å². The zero-order valence-corrected chi connectivity index (χ0v) is 16.5. The zero-order valence-electron chi connectivity index (χ0n) is 15.6. The number of rotatable bonds is 10. The number of benzene rings is 2. The normalized spacial score (nSPS) is 11.5. The summed E-state index contributed by atoms with van der Waals surface area (Å²) in [6.07, 6.45) is -0.0740. The minimum absolute atomic E-state index is 0.148. The first-order valence-corrected chi connectivity index (χ1v) is 9.94. The minimum atomic E-state index is -0.811. The van der Waals surface area contributed by atoms with Gasteiger partial charge in [0.2, 0.25) is 0 Å². The second kappa shape index (κ2) is 11.3. The Morgan fingerprint density at radius 1 is 1.07 bits per heavy atom. The first kappa shape index (κ1) is 20.8. The molecule has 0 fully saturated rings. The summed E-state index contributed by atoms with van der Waals surface area (Å²) in [5, 5.41) is 2.79. The predicted octanol–water partition coefficient (Wildman–Crippen LogP) is 3.47. The van der Waals surface area contributed by atoms with E-state index in [0.29, 0.717) is 13.2 Å². The Hall–Kier alpha value is -2.47. The van der Waals surface area contributed by atoms with Crippen LogP contribution < -0.4 is 10.1 Å². The third-order valence-corrected chi connectivity index (χ3v) is 4.71. The number of carbonyl (C=O) groups excluding carboxylic acids is 2. The van der Waals surface area contributed by atoms with Gasteiger partial charge in [0.15, 0.2) is 6.10 Å². The lowest BCUT2D eigenvalue weighted by molar-refractivity contribution is -0.152. The largest absolute Gasteiger partial charge is 0.494 e. The lowest BCUT2D eigenvalue weighted by Crippen LogP contribution is -2.37. The second-order valence-electron chi connectivity index (χ2n) is 5.85. The monoisotopic (exact) mass is 387 g/mol. The molecule has 1 atom stereocenters. The lowest BCUT2D eigenvalue weighted by Gasteiger charge is -2.13. The molecular weight excluding hydrogens is 362 g/mol. The van der Waals surface area contributed by atoms with Gasteiger partial charge in [0.1, 0.15) is 5.75 Å². The van der Waals surface area contributed by atoms with Crippen molar-refractivity contribution in [3.63, 3.8) is 0 Å². The lowest BCUT2D eigenvalue weighted by atomic mass is 10.1. The van der Waals surface area contributed by atoms with Gasteiger partial charge in [0, 0.05) is 11.4 Å². The van der Waals surface area contributed by atoms with E-state index >= 15 is 0 Å². The fourth-order valence-electron chi connectivity index (χ4n) is 2.34. The van der Waals surface area contributed by atoms with Gasteiger partial charge in [-0.2, -0.15) is 0 Å². The van der Waals surface area contributed by atoms with Crippen LogP contribution in [0, 0.1) is 0 Å². The maximum Gasteiger partial charge on any atom is 0.317 e. The quantitative estimate of drug-likeness (QED) is 0.500. The molecule has 144 valence electrons. The van der Waals surface area contributed by atoms with E-state index in [2.05, 4.69) is 5.32 Å². The SMILES string of the molecule is CCOc1ccc(SCC(=O)O[C@H](C)C(=O)NCCc2ccccc2)cc1. The number of thioether (sulfide) groups is 1. The van der Waals surface area contributed by atoms with E-state index in [9.17, 15) is 9.59 Å².